The lowest BCUT2D eigenvalue weighted by atomic mass is 9.48. The first-order valence-electron chi connectivity index (χ1n) is 13.7. The van der Waals surface area contributed by atoms with Gasteiger partial charge in [-0.1, -0.05) is 13.8 Å². The van der Waals surface area contributed by atoms with Crippen molar-refractivity contribution in [1.82, 2.24) is 9.78 Å². The molecule has 1 aromatic rings. The largest absolute Gasteiger partial charge is 0.297 e. The maximum Gasteiger partial charge on any atom is 0.157 e. The van der Waals surface area contributed by atoms with Gasteiger partial charge in [0.1, 0.15) is 5.67 Å². The summed E-state index contributed by atoms with van der Waals surface area (Å²) in [5.74, 6) is 2.78. The van der Waals surface area contributed by atoms with Gasteiger partial charge in [-0.15, -0.1) is 0 Å². The molecule has 0 aromatic carbocycles. The van der Waals surface area contributed by atoms with Crippen LogP contribution in [0.15, 0.2) is 6.20 Å². The van der Waals surface area contributed by atoms with Crippen molar-refractivity contribution in [3.63, 3.8) is 0 Å². The smallest absolute Gasteiger partial charge is 0.157 e. The van der Waals surface area contributed by atoms with E-state index in [2.05, 4.69) is 20.0 Å². The van der Waals surface area contributed by atoms with Crippen LogP contribution in [0.25, 0.3) is 0 Å². The number of ketones is 1. The quantitative estimate of drug-likeness (QED) is 0.551. The van der Waals surface area contributed by atoms with Crippen molar-refractivity contribution in [3.05, 3.63) is 17.5 Å². The van der Waals surface area contributed by atoms with Crippen molar-refractivity contribution in [1.29, 1.82) is 0 Å². The van der Waals surface area contributed by atoms with Crippen molar-refractivity contribution < 1.29 is 9.18 Å². The Balaban J connectivity index is 1.19. The van der Waals surface area contributed by atoms with Gasteiger partial charge in [0.05, 0.1) is 12.2 Å². The summed E-state index contributed by atoms with van der Waals surface area (Å²) in [6.07, 6.45) is 16.2. The lowest BCUT2D eigenvalue weighted by Crippen LogP contribution is -2.56. The molecule has 0 N–H and O–H groups in total. The van der Waals surface area contributed by atoms with Gasteiger partial charge in [0.15, 0.2) is 5.78 Å². The molecule has 1 heterocycles. The molecule has 5 aliphatic carbocycles. The first-order chi connectivity index (χ1) is 15.4. The predicted molar refractivity (Wildman–Crippen MR) is 124 cm³/mol. The van der Waals surface area contributed by atoms with E-state index < -0.39 is 5.67 Å². The minimum Gasteiger partial charge on any atom is -0.297 e. The summed E-state index contributed by atoms with van der Waals surface area (Å²) in [6.45, 7) is 5.13. The average molecular weight is 441 g/mol. The highest BCUT2D eigenvalue weighted by Gasteiger charge is 2.62. The number of alkyl halides is 1. The zero-order valence-corrected chi connectivity index (χ0v) is 20.1. The van der Waals surface area contributed by atoms with Gasteiger partial charge in [-0.05, 0) is 124 Å². The Hall–Kier alpha value is -1.19. The molecule has 0 aliphatic heterocycles. The van der Waals surface area contributed by atoms with Gasteiger partial charge >= 0.3 is 0 Å². The third-order valence-corrected chi connectivity index (χ3v) is 11.0. The van der Waals surface area contributed by atoms with E-state index in [-0.39, 0.29) is 17.3 Å². The van der Waals surface area contributed by atoms with Crippen molar-refractivity contribution in [3.8, 4) is 0 Å². The number of Topliss-reactive ketones (excluding diaryl/α,β-unsaturated/α-hetero) is 1. The lowest BCUT2D eigenvalue weighted by molar-refractivity contribution is -0.146. The highest BCUT2D eigenvalue weighted by Crippen LogP contribution is 2.66. The third-order valence-electron chi connectivity index (χ3n) is 11.0. The van der Waals surface area contributed by atoms with Crippen molar-refractivity contribution in [2.24, 2.45) is 40.9 Å². The third kappa shape index (κ3) is 3.17. The fraction of sp³-hybridized carbons (Fsp3) is 0.857. The number of hydrogen-bond donors (Lipinski definition) is 0. The maximum absolute atomic E-state index is 16.5. The van der Waals surface area contributed by atoms with Crippen LogP contribution in [0.4, 0.5) is 4.39 Å². The monoisotopic (exact) mass is 440 g/mol. The molecule has 5 aliphatic rings. The summed E-state index contributed by atoms with van der Waals surface area (Å²) in [5, 5.41) is 4.76. The second kappa shape index (κ2) is 7.67. The van der Waals surface area contributed by atoms with Crippen molar-refractivity contribution in [2.45, 2.75) is 110 Å². The molecular formula is C28H41FN2O. The first kappa shape index (κ1) is 21.4. The zero-order valence-electron chi connectivity index (χ0n) is 20.1. The average Bonchev–Trinajstić information content (AvgIpc) is 3.34. The number of hydrogen-bond acceptors (Lipinski definition) is 2. The number of carbonyl (C=O) groups excluding carboxylic acids is 1. The molecule has 0 spiro atoms. The van der Waals surface area contributed by atoms with Crippen molar-refractivity contribution in [2.75, 3.05) is 0 Å². The van der Waals surface area contributed by atoms with Gasteiger partial charge in [0.25, 0.3) is 0 Å². The molecule has 4 heteroatoms. The van der Waals surface area contributed by atoms with Crippen LogP contribution in [-0.4, -0.2) is 21.2 Å². The molecule has 32 heavy (non-hydrogen) atoms. The Morgan fingerprint density at radius 1 is 1.09 bits per heavy atom. The standard InChI is InChI=1S/C28H41FN2O/c1-18-11-14-28(29)20(15-18)7-8-21-22-9-10-24(27(22,2)13-12-23(21)28)26(32)17-31-16-19-5-3-4-6-25(19)30-31/h16,18,20-24H,3-15,17H2,1-2H3/t18-,20+,21-,22?,23?,24+,27-,28+/m0/s1. The molecule has 2 unspecified atom stereocenters. The molecule has 176 valence electrons. The summed E-state index contributed by atoms with van der Waals surface area (Å²) in [4.78, 5) is 13.5. The van der Waals surface area contributed by atoms with Crippen LogP contribution in [0.2, 0.25) is 0 Å². The number of aromatic nitrogens is 2. The minimum atomic E-state index is -0.924. The van der Waals surface area contributed by atoms with Gasteiger partial charge in [-0.2, -0.15) is 5.10 Å². The van der Waals surface area contributed by atoms with Crippen molar-refractivity contribution >= 4 is 5.78 Å². The Labute approximate surface area is 192 Å². The molecule has 3 nitrogen and oxygen atoms in total. The minimum absolute atomic E-state index is 0.0656. The number of nitrogens with zero attached hydrogens (tertiary/aromatic N) is 2. The molecule has 0 saturated heterocycles. The second-order valence-corrected chi connectivity index (χ2v) is 12.6. The molecular weight excluding hydrogens is 399 g/mol. The van der Waals surface area contributed by atoms with Gasteiger partial charge in [0, 0.05) is 12.1 Å². The van der Waals surface area contributed by atoms with E-state index in [0.29, 0.717) is 36.0 Å². The molecule has 4 saturated carbocycles. The SMILES string of the molecule is C[C@H]1CC[C@]2(F)C3CC[C@@]4(C)C(CC[C@@H]4C(=O)Cn4cc5c(n4)CCCC5)[C@@H]3CC[C@@H]2C1. The van der Waals surface area contributed by atoms with E-state index in [9.17, 15) is 4.79 Å². The number of halogens is 1. The summed E-state index contributed by atoms with van der Waals surface area (Å²) in [6, 6.07) is 0. The van der Waals surface area contributed by atoms with Gasteiger partial charge in [0.2, 0.25) is 0 Å². The topological polar surface area (TPSA) is 34.9 Å². The van der Waals surface area contributed by atoms with Crippen LogP contribution < -0.4 is 0 Å². The highest BCUT2D eigenvalue weighted by molar-refractivity contribution is 5.82. The van der Waals surface area contributed by atoms with Crippen LogP contribution >= 0.6 is 0 Å². The number of fused-ring (bicyclic) bond motifs is 6. The molecule has 0 radical (unpaired) electrons. The summed E-state index contributed by atoms with van der Waals surface area (Å²) in [5.41, 5.74) is 1.71. The Morgan fingerprint density at radius 2 is 1.94 bits per heavy atom. The normalized spacial score (nSPS) is 45.5. The van der Waals surface area contributed by atoms with Crippen LogP contribution in [0.5, 0.6) is 0 Å². The number of carbonyl (C=O) groups is 1. The Kier molecular flexibility index (Phi) is 5.12. The van der Waals surface area contributed by atoms with Gasteiger partial charge < -0.3 is 0 Å². The molecule has 0 amide bonds. The molecule has 8 atom stereocenters. The Bertz CT molecular complexity index is 870. The van der Waals surface area contributed by atoms with Crippen LogP contribution in [0.1, 0.15) is 95.7 Å². The lowest BCUT2D eigenvalue weighted by Gasteiger charge is -2.58. The molecule has 0 bridgehead atoms. The second-order valence-electron chi connectivity index (χ2n) is 12.6. The van der Waals surface area contributed by atoms with Gasteiger partial charge in [-0.25, -0.2) is 4.39 Å². The summed E-state index contributed by atoms with van der Waals surface area (Å²) in [7, 11) is 0. The first-order valence-corrected chi connectivity index (χ1v) is 13.7. The number of rotatable bonds is 3. The van der Waals surface area contributed by atoms with E-state index >= 15 is 4.39 Å². The summed E-state index contributed by atoms with van der Waals surface area (Å²) >= 11 is 0. The molecule has 6 rings (SSSR count). The van der Waals surface area contributed by atoms with E-state index in [0.717, 1.165) is 64.2 Å². The maximum atomic E-state index is 16.5. The van der Waals surface area contributed by atoms with E-state index in [1.807, 2.05) is 4.68 Å². The number of aryl methyl sites for hydroxylation is 2. The molecule has 1 aromatic heterocycles. The fourth-order valence-electron chi connectivity index (χ4n) is 9.41. The van der Waals surface area contributed by atoms with E-state index in [1.165, 1.54) is 30.5 Å². The van der Waals surface area contributed by atoms with Crippen LogP contribution in [0, 0.1) is 40.9 Å². The van der Waals surface area contributed by atoms with E-state index in [4.69, 9.17) is 5.10 Å². The van der Waals surface area contributed by atoms with Gasteiger partial charge in [-0.3, -0.25) is 9.48 Å². The van der Waals surface area contributed by atoms with E-state index in [1.54, 1.807) is 0 Å². The summed E-state index contributed by atoms with van der Waals surface area (Å²) < 4.78 is 18.4. The zero-order chi connectivity index (χ0) is 22.1. The van der Waals surface area contributed by atoms with Crippen LogP contribution in [0.3, 0.4) is 0 Å². The predicted octanol–water partition coefficient (Wildman–Crippen LogP) is 6.33. The Morgan fingerprint density at radius 3 is 2.78 bits per heavy atom. The highest BCUT2D eigenvalue weighted by atomic mass is 19.1. The fourth-order valence-corrected chi connectivity index (χ4v) is 9.41. The molecule has 4 fully saturated rings. The van der Waals surface area contributed by atoms with Crippen LogP contribution in [-0.2, 0) is 24.2 Å².